The number of aromatic nitrogens is 1. The number of ether oxygens (including phenoxy) is 1. The lowest BCUT2D eigenvalue weighted by Crippen LogP contribution is -2.25. The zero-order valence-corrected chi connectivity index (χ0v) is 17.0. The Balaban J connectivity index is 1.92. The predicted molar refractivity (Wildman–Crippen MR) is 109 cm³/mol. The lowest BCUT2D eigenvalue weighted by atomic mass is 10.0. The first-order valence-electron chi connectivity index (χ1n) is 8.59. The van der Waals surface area contributed by atoms with Crippen LogP contribution in [0.1, 0.15) is 15.9 Å². The monoisotopic (exact) mass is 470 g/mol. The molecule has 31 heavy (non-hydrogen) atoms. The van der Waals surface area contributed by atoms with E-state index in [1.807, 2.05) is 0 Å². The molecule has 0 bridgehead atoms. The zero-order valence-electron chi connectivity index (χ0n) is 15.5. The number of alkyl halides is 3. The van der Waals surface area contributed by atoms with Gasteiger partial charge in [0.05, 0.1) is 23.9 Å². The van der Waals surface area contributed by atoms with Gasteiger partial charge < -0.3 is 19.7 Å². The van der Waals surface area contributed by atoms with Gasteiger partial charge in [0.2, 0.25) is 12.4 Å². The summed E-state index contributed by atoms with van der Waals surface area (Å²) in [5.74, 6) is -0.486. The van der Waals surface area contributed by atoms with Gasteiger partial charge in [-0.1, -0.05) is 23.2 Å². The second kappa shape index (κ2) is 7.51. The maximum atomic E-state index is 13.2. The first-order valence-corrected chi connectivity index (χ1v) is 9.35. The molecule has 4 aromatic rings. The first-order chi connectivity index (χ1) is 14.6. The summed E-state index contributed by atoms with van der Waals surface area (Å²) in [6.45, 7) is 0. The molecule has 1 N–H and O–H groups in total. The SMILES string of the molecule is COc1ccc(C(=O)Nc2c(Cl)c[n+]([O-])cc2Cl)c2c1oc1ccc(C(F)(F)F)cc12. The van der Waals surface area contributed by atoms with Crippen LogP contribution in [-0.4, -0.2) is 13.0 Å². The van der Waals surface area contributed by atoms with Crippen molar-refractivity contribution in [3.63, 3.8) is 0 Å². The van der Waals surface area contributed by atoms with E-state index in [1.54, 1.807) is 0 Å². The smallest absolute Gasteiger partial charge is 0.416 e. The number of benzene rings is 2. The fourth-order valence-electron chi connectivity index (χ4n) is 3.19. The zero-order chi connectivity index (χ0) is 22.5. The van der Waals surface area contributed by atoms with Crippen molar-refractivity contribution in [3.05, 3.63) is 69.1 Å². The van der Waals surface area contributed by atoms with Crippen LogP contribution in [0.25, 0.3) is 21.9 Å². The molecule has 0 aliphatic carbocycles. The molecule has 11 heteroatoms. The molecule has 2 heterocycles. The normalized spacial score (nSPS) is 11.8. The van der Waals surface area contributed by atoms with Gasteiger partial charge >= 0.3 is 6.18 Å². The number of furan rings is 1. The van der Waals surface area contributed by atoms with Crippen LogP contribution >= 0.6 is 23.2 Å². The standard InChI is InChI=1S/C20H11Cl2F3N2O4/c1-30-15-5-3-10(19(28)26-17-12(21)7-27(29)8-13(17)22)16-11-6-9(20(23,24)25)2-4-14(11)31-18(15)16/h2-8H,1H3,(H,26,28). The minimum Gasteiger partial charge on any atom is -0.619 e. The molecule has 0 aliphatic rings. The molecule has 0 saturated heterocycles. The van der Waals surface area contributed by atoms with Crippen molar-refractivity contribution in [2.24, 2.45) is 0 Å². The summed E-state index contributed by atoms with van der Waals surface area (Å²) in [7, 11) is 1.37. The predicted octanol–water partition coefficient (Wildman–Crippen LogP) is 5.81. The molecule has 0 spiro atoms. The fourth-order valence-corrected chi connectivity index (χ4v) is 3.73. The van der Waals surface area contributed by atoms with Crippen LogP contribution in [0.15, 0.2) is 47.1 Å². The highest BCUT2D eigenvalue weighted by Gasteiger charge is 2.31. The van der Waals surface area contributed by atoms with Crippen molar-refractivity contribution < 1.29 is 31.9 Å². The Labute approximate surface area is 182 Å². The number of hydrogen-bond acceptors (Lipinski definition) is 4. The van der Waals surface area contributed by atoms with Gasteiger partial charge in [-0.15, -0.1) is 0 Å². The molecule has 4 rings (SSSR count). The molecule has 2 aromatic carbocycles. The van der Waals surface area contributed by atoms with Crippen molar-refractivity contribution in [3.8, 4) is 5.75 Å². The number of hydrogen-bond donors (Lipinski definition) is 1. The van der Waals surface area contributed by atoms with E-state index in [-0.39, 0.29) is 49.0 Å². The number of rotatable bonds is 3. The van der Waals surface area contributed by atoms with Crippen molar-refractivity contribution >= 4 is 56.7 Å². The van der Waals surface area contributed by atoms with Crippen molar-refractivity contribution in [1.82, 2.24) is 0 Å². The summed E-state index contributed by atoms with van der Waals surface area (Å²) in [6, 6.07) is 5.80. The van der Waals surface area contributed by atoms with E-state index in [2.05, 4.69) is 5.32 Å². The van der Waals surface area contributed by atoms with Crippen LogP contribution in [0, 0.1) is 5.21 Å². The maximum Gasteiger partial charge on any atom is 0.416 e. The van der Waals surface area contributed by atoms with Crippen LogP contribution in [0.3, 0.4) is 0 Å². The molecule has 0 radical (unpaired) electrons. The molecule has 1 amide bonds. The molecule has 0 atom stereocenters. The van der Waals surface area contributed by atoms with Crippen LogP contribution in [0.4, 0.5) is 18.9 Å². The van der Waals surface area contributed by atoms with E-state index in [0.29, 0.717) is 4.73 Å². The summed E-state index contributed by atoms with van der Waals surface area (Å²) < 4.78 is 51.0. The van der Waals surface area contributed by atoms with Crippen LogP contribution in [0.5, 0.6) is 5.75 Å². The summed E-state index contributed by atoms with van der Waals surface area (Å²) >= 11 is 12.0. The number of carbonyl (C=O) groups excluding carboxylic acids is 1. The van der Waals surface area contributed by atoms with Gasteiger partial charge in [0.25, 0.3) is 5.91 Å². The molecule has 0 unspecified atom stereocenters. The quantitative estimate of drug-likeness (QED) is 0.303. The molecule has 160 valence electrons. The Morgan fingerprint density at radius 2 is 1.84 bits per heavy atom. The number of carbonyl (C=O) groups is 1. The van der Waals surface area contributed by atoms with Crippen molar-refractivity contribution in [2.45, 2.75) is 6.18 Å². The Hall–Kier alpha value is -3.17. The van der Waals surface area contributed by atoms with Crippen LogP contribution in [0.2, 0.25) is 10.0 Å². The van der Waals surface area contributed by atoms with E-state index < -0.39 is 17.6 Å². The third-order valence-corrected chi connectivity index (χ3v) is 5.14. The van der Waals surface area contributed by atoms with Gasteiger partial charge in [-0.25, -0.2) is 0 Å². The number of anilines is 1. The maximum absolute atomic E-state index is 13.2. The lowest BCUT2D eigenvalue weighted by molar-refractivity contribution is -0.605. The number of pyridine rings is 1. The van der Waals surface area contributed by atoms with Crippen LogP contribution in [-0.2, 0) is 6.18 Å². The van der Waals surface area contributed by atoms with E-state index >= 15 is 0 Å². The summed E-state index contributed by atoms with van der Waals surface area (Å²) in [6.07, 6.45) is -2.59. The lowest BCUT2D eigenvalue weighted by Gasteiger charge is -2.11. The highest BCUT2D eigenvalue weighted by molar-refractivity contribution is 6.39. The van der Waals surface area contributed by atoms with Gasteiger partial charge in [-0.05, 0) is 30.3 Å². The van der Waals surface area contributed by atoms with E-state index in [1.165, 1.54) is 25.3 Å². The van der Waals surface area contributed by atoms with Gasteiger partial charge in [0.15, 0.2) is 11.3 Å². The minimum absolute atomic E-state index is 0.000129. The second-order valence-electron chi connectivity index (χ2n) is 6.47. The van der Waals surface area contributed by atoms with E-state index in [4.69, 9.17) is 32.4 Å². The molecular weight excluding hydrogens is 460 g/mol. The van der Waals surface area contributed by atoms with Crippen LogP contribution < -0.4 is 14.8 Å². The Morgan fingerprint density at radius 3 is 2.45 bits per heavy atom. The fraction of sp³-hybridized carbons (Fsp3) is 0.100. The largest absolute Gasteiger partial charge is 0.619 e. The Morgan fingerprint density at radius 1 is 1.16 bits per heavy atom. The summed E-state index contributed by atoms with van der Waals surface area (Å²) in [4.78, 5) is 13.0. The number of methoxy groups -OCH3 is 1. The van der Waals surface area contributed by atoms with Gasteiger partial charge in [-0.2, -0.15) is 17.9 Å². The summed E-state index contributed by atoms with van der Waals surface area (Å²) in [5, 5.41) is 13.9. The third-order valence-electron chi connectivity index (χ3n) is 4.57. The van der Waals surface area contributed by atoms with Crippen molar-refractivity contribution in [1.29, 1.82) is 0 Å². The Bertz CT molecular complexity index is 1330. The molecular formula is C20H11Cl2F3N2O4. The second-order valence-corrected chi connectivity index (χ2v) is 7.29. The third kappa shape index (κ3) is 3.70. The van der Waals surface area contributed by atoms with Gasteiger partial charge in [0, 0.05) is 10.8 Å². The van der Waals surface area contributed by atoms with E-state index in [0.717, 1.165) is 24.5 Å². The van der Waals surface area contributed by atoms with Crippen molar-refractivity contribution in [2.75, 3.05) is 12.4 Å². The average molecular weight is 471 g/mol. The van der Waals surface area contributed by atoms with E-state index in [9.17, 15) is 23.2 Å². The highest BCUT2D eigenvalue weighted by Crippen LogP contribution is 2.40. The number of nitrogens with one attached hydrogen (secondary N) is 1. The first kappa shape index (κ1) is 21.1. The van der Waals surface area contributed by atoms with Gasteiger partial charge in [-0.3, -0.25) is 4.79 Å². The number of nitrogens with zero attached hydrogens (tertiary/aromatic N) is 1. The molecule has 0 aliphatic heterocycles. The number of halogens is 5. The Kier molecular flexibility index (Phi) is 5.10. The highest BCUT2D eigenvalue weighted by atomic mass is 35.5. The summed E-state index contributed by atoms with van der Waals surface area (Å²) in [5.41, 5.74) is -0.670. The number of amides is 1. The molecule has 6 nitrogen and oxygen atoms in total. The topological polar surface area (TPSA) is 78.4 Å². The number of fused-ring (bicyclic) bond motifs is 3. The average Bonchev–Trinajstić information content (AvgIpc) is 3.08. The minimum atomic E-state index is -4.59. The molecule has 0 fully saturated rings. The van der Waals surface area contributed by atoms with Gasteiger partial charge in [0.1, 0.15) is 15.6 Å². The molecule has 2 aromatic heterocycles. The molecule has 0 saturated carbocycles.